The second-order valence-corrected chi connectivity index (χ2v) is 8.28. The average molecular weight is 325 g/mol. The van der Waals surface area contributed by atoms with Crippen LogP contribution in [0.2, 0.25) is 0 Å². The van der Waals surface area contributed by atoms with E-state index in [9.17, 15) is 8.42 Å². The molecule has 0 aliphatic carbocycles. The standard InChI is InChI=1S/C12H20N2O2S2.ClH/c1-9-8-10(2)17-12(9)18(15,16)14(3)11-4-6-13-7-5-11;/h8,11,13H,4-7H2,1-3H3;1H. The second-order valence-electron chi connectivity index (χ2n) is 4.83. The Morgan fingerprint density at radius 2 is 1.89 bits per heavy atom. The van der Waals surface area contributed by atoms with Crippen LogP contribution in [0.15, 0.2) is 10.3 Å². The third kappa shape index (κ3) is 3.49. The van der Waals surface area contributed by atoms with Crippen molar-refractivity contribution in [3.8, 4) is 0 Å². The third-order valence-corrected chi connectivity index (χ3v) is 7.11. The highest BCUT2D eigenvalue weighted by molar-refractivity contribution is 7.91. The van der Waals surface area contributed by atoms with Gasteiger partial charge in [0.25, 0.3) is 10.0 Å². The van der Waals surface area contributed by atoms with Gasteiger partial charge in [0, 0.05) is 18.0 Å². The molecule has 0 atom stereocenters. The lowest BCUT2D eigenvalue weighted by Crippen LogP contribution is -2.43. The zero-order chi connectivity index (χ0) is 13.3. The Hall–Kier alpha value is -0.140. The zero-order valence-corrected chi connectivity index (χ0v) is 13.9. The molecule has 1 N–H and O–H groups in total. The molecular formula is C12H21ClN2O2S2. The summed E-state index contributed by atoms with van der Waals surface area (Å²) in [5.74, 6) is 0. The van der Waals surface area contributed by atoms with Gasteiger partial charge in [0.15, 0.2) is 0 Å². The average Bonchev–Trinajstić information content (AvgIpc) is 2.69. The molecule has 4 nitrogen and oxygen atoms in total. The molecule has 2 rings (SSSR count). The second kappa shape index (κ2) is 6.54. The van der Waals surface area contributed by atoms with Gasteiger partial charge in [-0.15, -0.1) is 23.7 Å². The first-order valence-corrected chi connectivity index (χ1v) is 8.44. The van der Waals surface area contributed by atoms with Crippen molar-refractivity contribution in [1.29, 1.82) is 0 Å². The van der Waals surface area contributed by atoms with E-state index in [1.807, 2.05) is 19.9 Å². The number of aryl methyl sites for hydroxylation is 2. The number of nitrogens with zero attached hydrogens (tertiary/aromatic N) is 1. The van der Waals surface area contributed by atoms with Crippen LogP contribution in [0, 0.1) is 13.8 Å². The van der Waals surface area contributed by atoms with E-state index >= 15 is 0 Å². The minimum atomic E-state index is -3.32. The first-order chi connectivity index (χ1) is 8.43. The topological polar surface area (TPSA) is 49.4 Å². The molecule has 2 heterocycles. The molecule has 1 aromatic heterocycles. The van der Waals surface area contributed by atoms with Gasteiger partial charge in [0.1, 0.15) is 4.21 Å². The minimum Gasteiger partial charge on any atom is -0.317 e. The summed E-state index contributed by atoms with van der Waals surface area (Å²) < 4.78 is 27.2. The minimum absolute atomic E-state index is 0. The Labute approximate surface area is 125 Å². The molecule has 110 valence electrons. The van der Waals surface area contributed by atoms with E-state index in [4.69, 9.17) is 0 Å². The zero-order valence-electron chi connectivity index (χ0n) is 11.5. The summed E-state index contributed by atoms with van der Waals surface area (Å²) in [6.45, 7) is 5.60. The van der Waals surface area contributed by atoms with Gasteiger partial charge in [-0.2, -0.15) is 4.31 Å². The van der Waals surface area contributed by atoms with Gasteiger partial charge in [-0.3, -0.25) is 0 Å². The van der Waals surface area contributed by atoms with Gasteiger partial charge in [-0.05, 0) is 51.4 Å². The number of thiophene rings is 1. The predicted octanol–water partition coefficient (Wildman–Crippen LogP) is 2.16. The van der Waals surface area contributed by atoms with Gasteiger partial charge < -0.3 is 5.32 Å². The first kappa shape index (κ1) is 16.9. The van der Waals surface area contributed by atoms with Crippen LogP contribution >= 0.6 is 23.7 Å². The van der Waals surface area contributed by atoms with Crippen LogP contribution in [-0.4, -0.2) is 38.9 Å². The number of halogens is 1. The van der Waals surface area contributed by atoms with Crippen molar-refractivity contribution in [1.82, 2.24) is 9.62 Å². The summed E-state index contributed by atoms with van der Waals surface area (Å²) in [7, 11) is -1.62. The van der Waals surface area contributed by atoms with Crippen molar-refractivity contribution in [3.05, 3.63) is 16.5 Å². The first-order valence-electron chi connectivity index (χ1n) is 6.18. The summed E-state index contributed by atoms with van der Waals surface area (Å²) in [6.07, 6.45) is 1.78. The van der Waals surface area contributed by atoms with Gasteiger partial charge in [-0.1, -0.05) is 0 Å². The van der Waals surface area contributed by atoms with E-state index < -0.39 is 10.0 Å². The fourth-order valence-corrected chi connectivity index (χ4v) is 5.62. The Bertz CT molecular complexity index is 522. The Morgan fingerprint density at radius 3 is 2.37 bits per heavy atom. The molecule has 1 fully saturated rings. The normalized spacial score (nSPS) is 17.5. The van der Waals surface area contributed by atoms with Gasteiger partial charge in [0.2, 0.25) is 0 Å². The van der Waals surface area contributed by atoms with Crippen LogP contribution in [-0.2, 0) is 10.0 Å². The van der Waals surface area contributed by atoms with E-state index in [0.29, 0.717) is 4.21 Å². The molecule has 0 spiro atoms. The maximum Gasteiger partial charge on any atom is 0.252 e. The third-order valence-electron chi connectivity index (χ3n) is 3.43. The molecule has 1 aliphatic heterocycles. The highest BCUT2D eigenvalue weighted by Gasteiger charge is 2.31. The quantitative estimate of drug-likeness (QED) is 0.927. The van der Waals surface area contributed by atoms with E-state index in [-0.39, 0.29) is 18.4 Å². The summed E-state index contributed by atoms with van der Waals surface area (Å²) in [6, 6.07) is 2.06. The van der Waals surface area contributed by atoms with E-state index in [0.717, 1.165) is 36.4 Å². The number of hydrogen-bond acceptors (Lipinski definition) is 4. The van der Waals surface area contributed by atoms with Gasteiger partial charge in [-0.25, -0.2) is 8.42 Å². The maximum atomic E-state index is 12.6. The fourth-order valence-electron chi connectivity index (χ4n) is 2.37. The Balaban J connectivity index is 0.00000180. The molecular weight excluding hydrogens is 304 g/mol. The SMILES string of the molecule is Cc1cc(C)c(S(=O)(=O)N(C)C2CCNCC2)s1.Cl. The Morgan fingerprint density at radius 1 is 1.32 bits per heavy atom. The van der Waals surface area contributed by atoms with Crippen molar-refractivity contribution >= 4 is 33.8 Å². The summed E-state index contributed by atoms with van der Waals surface area (Å²) in [5.41, 5.74) is 0.860. The highest BCUT2D eigenvalue weighted by Crippen LogP contribution is 2.30. The highest BCUT2D eigenvalue weighted by atomic mass is 35.5. The number of hydrogen-bond donors (Lipinski definition) is 1. The van der Waals surface area contributed by atoms with Crippen LogP contribution in [0.25, 0.3) is 0 Å². The molecule has 0 unspecified atom stereocenters. The smallest absolute Gasteiger partial charge is 0.252 e. The van der Waals surface area contributed by atoms with Gasteiger partial charge in [0.05, 0.1) is 0 Å². The monoisotopic (exact) mass is 324 g/mol. The van der Waals surface area contributed by atoms with Crippen molar-refractivity contribution in [2.45, 2.75) is 36.9 Å². The molecule has 0 amide bonds. The van der Waals surface area contributed by atoms with E-state index in [2.05, 4.69) is 5.32 Å². The van der Waals surface area contributed by atoms with Crippen molar-refractivity contribution < 1.29 is 8.42 Å². The van der Waals surface area contributed by atoms with Crippen molar-refractivity contribution in [2.24, 2.45) is 0 Å². The number of nitrogens with one attached hydrogen (secondary N) is 1. The number of piperidine rings is 1. The molecule has 1 aromatic rings. The van der Waals surface area contributed by atoms with E-state index in [1.165, 1.54) is 11.3 Å². The van der Waals surface area contributed by atoms with Crippen LogP contribution in [0.5, 0.6) is 0 Å². The van der Waals surface area contributed by atoms with Crippen molar-refractivity contribution in [2.75, 3.05) is 20.1 Å². The largest absolute Gasteiger partial charge is 0.317 e. The lowest BCUT2D eigenvalue weighted by atomic mass is 10.1. The summed E-state index contributed by atoms with van der Waals surface area (Å²) in [4.78, 5) is 1.05. The molecule has 1 saturated heterocycles. The molecule has 1 aliphatic rings. The lowest BCUT2D eigenvalue weighted by molar-refractivity contribution is 0.297. The molecule has 7 heteroatoms. The maximum absolute atomic E-state index is 12.6. The number of rotatable bonds is 3. The predicted molar refractivity (Wildman–Crippen MR) is 81.9 cm³/mol. The van der Waals surface area contributed by atoms with E-state index in [1.54, 1.807) is 11.4 Å². The Kier molecular flexibility index (Phi) is 5.82. The molecule has 0 bridgehead atoms. The summed E-state index contributed by atoms with van der Waals surface area (Å²) >= 11 is 1.37. The van der Waals surface area contributed by atoms with Crippen LogP contribution in [0.1, 0.15) is 23.3 Å². The van der Waals surface area contributed by atoms with Gasteiger partial charge >= 0.3 is 0 Å². The summed E-state index contributed by atoms with van der Waals surface area (Å²) in [5, 5.41) is 3.26. The van der Waals surface area contributed by atoms with Crippen LogP contribution < -0.4 is 5.32 Å². The number of sulfonamides is 1. The van der Waals surface area contributed by atoms with Crippen molar-refractivity contribution in [3.63, 3.8) is 0 Å². The molecule has 19 heavy (non-hydrogen) atoms. The van der Waals surface area contributed by atoms with Crippen LogP contribution in [0.4, 0.5) is 0 Å². The fraction of sp³-hybridized carbons (Fsp3) is 0.667. The van der Waals surface area contributed by atoms with Crippen LogP contribution in [0.3, 0.4) is 0 Å². The molecule has 0 aromatic carbocycles. The molecule has 0 saturated carbocycles. The lowest BCUT2D eigenvalue weighted by Gasteiger charge is -2.30. The molecule has 0 radical (unpaired) electrons.